The summed E-state index contributed by atoms with van der Waals surface area (Å²) < 4.78 is 13.8. The lowest BCUT2D eigenvalue weighted by Gasteiger charge is -2.17. The molecule has 0 unspecified atom stereocenters. The molecule has 5 nitrogen and oxygen atoms in total. The summed E-state index contributed by atoms with van der Waals surface area (Å²) in [7, 11) is 1.41. The Morgan fingerprint density at radius 3 is 2.67 bits per heavy atom. The van der Waals surface area contributed by atoms with E-state index in [1.807, 2.05) is 29.8 Å². The number of esters is 1. The molecule has 27 heavy (non-hydrogen) atoms. The van der Waals surface area contributed by atoms with Crippen LogP contribution in [-0.4, -0.2) is 29.5 Å². The van der Waals surface area contributed by atoms with Gasteiger partial charge >= 0.3 is 5.97 Å². The van der Waals surface area contributed by atoms with E-state index < -0.39 is 0 Å². The third kappa shape index (κ3) is 6.38. The van der Waals surface area contributed by atoms with Crippen LogP contribution in [0.5, 0.6) is 5.75 Å². The second kappa shape index (κ2) is 10.5. The number of ether oxygens (including phenoxy) is 2. The zero-order chi connectivity index (χ0) is 19.8. The lowest BCUT2D eigenvalue weighted by Crippen LogP contribution is -2.12. The fourth-order valence-corrected chi connectivity index (χ4v) is 3.31. The van der Waals surface area contributed by atoms with Crippen molar-refractivity contribution >= 4 is 21.9 Å². The van der Waals surface area contributed by atoms with Crippen molar-refractivity contribution in [2.45, 2.75) is 53.0 Å². The van der Waals surface area contributed by atoms with Gasteiger partial charge in [0.2, 0.25) is 0 Å². The molecule has 0 spiro atoms. The monoisotopic (exact) mass is 436 g/mol. The van der Waals surface area contributed by atoms with E-state index in [1.54, 1.807) is 0 Å². The number of hydrogen-bond donors (Lipinski definition) is 0. The van der Waals surface area contributed by atoms with Crippen LogP contribution in [0, 0.1) is 12.8 Å². The number of benzene rings is 1. The van der Waals surface area contributed by atoms with Gasteiger partial charge in [-0.15, -0.1) is 0 Å². The normalized spacial score (nSPS) is 11.0. The Balaban J connectivity index is 2.13. The summed E-state index contributed by atoms with van der Waals surface area (Å²) in [6.45, 7) is 7.77. The van der Waals surface area contributed by atoms with Gasteiger partial charge in [-0.05, 0) is 37.1 Å². The van der Waals surface area contributed by atoms with Crippen molar-refractivity contribution in [3.63, 3.8) is 0 Å². The van der Waals surface area contributed by atoms with Crippen molar-refractivity contribution < 1.29 is 14.3 Å². The van der Waals surface area contributed by atoms with E-state index in [0.29, 0.717) is 25.3 Å². The highest BCUT2D eigenvalue weighted by Crippen LogP contribution is 2.26. The van der Waals surface area contributed by atoms with Crippen molar-refractivity contribution in [1.82, 2.24) is 9.78 Å². The lowest BCUT2D eigenvalue weighted by atomic mass is 10.1. The first-order valence-electron chi connectivity index (χ1n) is 9.48. The Bertz CT molecular complexity index is 754. The fourth-order valence-electron chi connectivity index (χ4n) is 2.90. The van der Waals surface area contributed by atoms with E-state index >= 15 is 0 Å². The number of aromatic nitrogens is 2. The molecule has 2 rings (SSSR count). The molecular formula is C21H29BrN2O3. The van der Waals surface area contributed by atoms with Crippen LogP contribution in [0.1, 0.15) is 50.1 Å². The highest BCUT2D eigenvalue weighted by molar-refractivity contribution is 9.10. The van der Waals surface area contributed by atoms with Crippen LogP contribution in [0.15, 0.2) is 28.7 Å². The number of aryl methyl sites for hydroxylation is 2. The van der Waals surface area contributed by atoms with Gasteiger partial charge in [-0.3, -0.25) is 9.48 Å². The first-order valence-corrected chi connectivity index (χ1v) is 10.3. The minimum atomic E-state index is -0.216. The number of rotatable bonds is 10. The molecule has 0 saturated carbocycles. The van der Waals surface area contributed by atoms with Crippen molar-refractivity contribution in [1.29, 1.82) is 0 Å². The molecule has 1 aromatic heterocycles. The zero-order valence-electron chi connectivity index (χ0n) is 16.6. The third-order valence-electron chi connectivity index (χ3n) is 4.82. The molecule has 148 valence electrons. The maximum absolute atomic E-state index is 11.3. The van der Waals surface area contributed by atoms with Gasteiger partial charge in [0, 0.05) is 22.2 Å². The van der Waals surface area contributed by atoms with Gasteiger partial charge in [-0.25, -0.2) is 0 Å². The minimum absolute atomic E-state index is 0.216. The molecule has 6 heteroatoms. The summed E-state index contributed by atoms with van der Waals surface area (Å²) in [6.07, 6.45) is 3.15. The maximum atomic E-state index is 11.3. The fraction of sp³-hybridized carbons (Fsp3) is 0.524. The van der Waals surface area contributed by atoms with Crippen LogP contribution >= 0.6 is 15.9 Å². The highest BCUT2D eigenvalue weighted by Gasteiger charge is 2.12. The number of nitrogens with zero attached hydrogens (tertiary/aromatic N) is 2. The van der Waals surface area contributed by atoms with Crippen LogP contribution in [0.4, 0.5) is 0 Å². The number of hydrogen-bond acceptors (Lipinski definition) is 4. The lowest BCUT2D eigenvalue weighted by molar-refractivity contribution is -0.140. The number of halogens is 1. The average Bonchev–Trinajstić information content (AvgIpc) is 3.01. The molecule has 0 amide bonds. The van der Waals surface area contributed by atoms with Crippen molar-refractivity contribution in [2.24, 2.45) is 5.92 Å². The topological polar surface area (TPSA) is 53.4 Å². The molecule has 0 aliphatic rings. The molecule has 0 bridgehead atoms. The molecule has 0 aliphatic heterocycles. The van der Waals surface area contributed by atoms with Crippen LogP contribution in [0.25, 0.3) is 0 Å². The Kier molecular flexibility index (Phi) is 8.35. The van der Waals surface area contributed by atoms with Crippen LogP contribution < -0.4 is 4.74 Å². The van der Waals surface area contributed by atoms with Gasteiger partial charge in [0.15, 0.2) is 0 Å². The quantitative estimate of drug-likeness (QED) is 0.495. The number of methoxy groups -OCH3 is 1. The average molecular weight is 437 g/mol. The van der Waals surface area contributed by atoms with E-state index in [-0.39, 0.29) is 5.97 Å². The Hall–Kier alpha value is -1.82. The predicted molar refractivity (Wildman–Crippen MR) is 110 cm³/mol. The standard InChI is InChI=1S/C21H29BrN2O3/c1-5-16(6-2)14-27-20-9-7-18(22)12-17(20)13-24-15(3)11-19(23-24)8-10-21(25)26-4/h7,9,11-12,16H,5-6,8,10,13-14H2,1-4H3. The number of carbonyl (C=O) groups is 1. The van der Waals surface area contributed by atoms with E-state index in [9.17, 15) is 4.79 Å². The van der Waals surface area contributed by atoms with Gasteiger partial charge < -0.3 is 9.47 Å². The summed E-state index contributed by atoms with van der Waals surface area (Å²) in [5, 5.41) is 4.65. The van der Waals surface area contributed by atoms with E-state index in [1.165, 1.54) is 7.11 Å². The van der Waals surface area contributed by atoms with Gasteiger partial charge in [-0.2, -0.15) is 5.10 Å². The first kappa shape index (κ1) is 21.5. The molecule has 0 fully saturated rings. The smallest absolute Gasteiger partial charge is 0.305 e. The Morgan fingerprint density at radius 1 is 1.26 bits per heavy atom. The second-order valence-electron chi connectivity index (χ2n) is 6.76. The summed E-state index contributed by atoms with van der Waals surface area (Å²) in [6, 6.07) is 8.12. The minimum Gasteiger partial charge on any atom is -0.493 e. The molecule has 1 aromatic carbocycles. The first-order chi connectivity index (χ1) is 13.0. The molecule has 0 radical (unpaired) electrons. The predicted octanol–water partition coefficient (Wildman–Crippen LogP) is 4.92. The van der Waals surface area contributed by atoms with E-state index in [2.05, 4.69) is 40.9 Å². The molecular weight excluding hydrogens is 408 g/mol. The summed E-state index contributed by atoms with van der Waals surface area (Å²) in [5.41, 5.74) is 3.04. The van der Waals surface area contributed by atoms with Crippen LogP contribution in [0.3, 0.4) is 0 Å². The van der Waals surface area contributed by atoms with Gasteiger partial charge in [-0.1, -0.05) is 42.6 Å². The Morgan fingerprint density at radius 2 is 2.00 bits per heavy atom. The summed E-state index contributed by atoms with van der Waals surface area (Å²) >= 11 is 3.55. The third-order valence-corrected chi connectivity index (χ3v) is 5.31. The summed E-state index contributed by atoms with van der Waals surface area (Å²) in [5.74, 6) is 1.25. The Labute approximate surface area is 170 Å². The van der Waals surface area contributed by atoms with Crippen molar-refractivity contribution in [2.75, 3.05) is 13.7 Å². The van der Waals surface area contributed by atoms with E-state index in [0.717, 1.165) is 46.6 Å². The molecule has 0 atom stereocenters. The van der Waals surface area contributed by atoms with Crippen LogP contribution in [0.2, 0.25) is 0 Å². The second-order valence-corrected chi connectivity index (χ2v) is 7.67. The molecule has 0 saturated heterocycles. The van der Waals surface area contributed by atoms with Gasteiger partial charge in [0.25, 0.3) is 0 Å². The molecule has 2 aromatic rings. The molecule has 0 N–H and O–H groups in total. The van der Waals surface area contributed by atoms with Crippen molar-refractivity contribution in [3.8, 4) is 5.75 Å². The zero-order valence-corrected chi connectivity index (χ0v) is 18.2. The van der Waals surface area contributed by atoms with Gasteiger partial charge in [0.1, 0.15) is 5.75 Å². The maximum Gasteiger partial charge on any atom is 0.305 e. The van der Waals surface area contributed by atoms with Crippen LogP contribution in [-0.2, 0) is 22.5 Å². The van der Waals surface area contributed by atoms with E-state index in [4.69, 9.17) is 9.47 Å². The SMILES string of the molecule is CCC(CC)COc1ccc(Br)cc1Cn1nc(CCC(=O)OC)cc1C. The molecule has 0 aliphatic carbocycles. The summed E-state index contributed by atoms with van der Waals surface area (Å²) in [4.78, 5) is 11.3. The van der Waals surface area contributed by atoms with Gasteiger partial charge in [0.05, 0.1) is 32.4 Å². The highest BCUT2D eigenvalue weighted by atomic mass is 79.9. The van der Waals surface area contributed by atoms with Crippen molar-refractivity contribution in [3.05, 3.63) is 45.7 Å². The molecule has 1 heterocycles. The largest absolute Gasteiger partial charge is 0.493 e. The number of carbonyl (C=O) groups excluding carboxylic acids is 1.